The standard InChI is InChI=1S/C22H21F3N4O3S.C22H22F2N4O3S.2C21H18F3N5O3/c23-22(24,25)15-4-1-3-14(11-15)20(32)27-21-26-17-12-16(28-8-10-33-13-19(28)31)5-6-18(17)29(21)7-2-9-30;23-20(24)14-3-1-4-15(11-14)21(31)26-22-25-17-12-16(27-8-10-32-13-19(27)30)5-6-18(17)28(22)7-2-9-29;22-21(23,24)14-4-1-3-13(11-14)19(32)27-20-26-16-12-15(29-18(31)7-8-25-29)5-6-17(16)28(20)9-2-10-30;22-21(23,24)14-4-1-3-13(9-14)19(32)27-20-26-16-10-15(29-12-25-11-18(29)31)5-6-17(16)28(20)7-2-8-30/h1,3-6,11-12,30H,2,7-10,13H2,(H,26,27,32);1,3-6,11-12,20,29H,2,7-10,13H2,(H,25,26,31);1,3-6,8,11-12,30H,2,7,9-10H2,(H,26,27,32);1,3-6,9-10,12,30H,2,7-8,11H2,(H,26,27,32). The van der Waals surface area contributed by atoms with Crippen molar-refractivity contribution in [1.29, 1.82) is 0 Å². The number of thioether (sulfide) groups is 2. The maximum absolute atomic E-state index is 13.0. The van der Waals surface area contributed by atoms with Crippen molar-refractivity contribution in [3.05, 3.63) is 214 Å². The van der Waals surface area contributed by atoms with Crippen molar-refractivity contribution in [2.24, 2.45) is 10.1 Å². The SMILES string of the molecule is O=C(Nc1nc2cc(N3C=NCC3=O)ccc2n1CCCO)c1cccc(C(F)(F)F)c1.O=C(Nc1nc2cc(N3CCSCC3=O)ccc2n1CCCO)c1cccc(C(F)(F)F)c1.O=C(Nc1nc2cc(N3CCSCC3=O)ccc2n1CCCO)c1cccc(C(F)F)c1.O=C(Nc1nc2cc(N3N=CCC3=O)ccc2n1CCCO)c1cccc(C(F)(F)F)c1. The number of halogens is 11. The lowest BCUT2D eigenvalue weighted by atomic mass is 10.1. The van der Waals surface area contributed by atoms with Crippen molar-refractivity contribution in [2.45, 2.75) is 83.2 Å². The molecule has 129 heavy (non-hydrogen) atoms. The molecule has 16 rings (SSSR count). The maximum Gasteiger partial charge on any atom is 0.416 e. The van der Waals surface area contributed by atoms with E-state index in [-0.39, 0.29) is 115 Å². The van der Waals surface area contributed by atoms with Crippen LogP contribution in [0.2, 0.25) is 0 Å². The van der Waals surface area contributed by atoms with Gasteiger partial charge in [-0.25, -0.2) is 33.7 Å². The van der Waals surface area contributed by atoms with Crippen LogP contribution in [0.15, 0.2) is 180 Å². The van der Waals surface area contributed by atoms with Gasteiger partial charge in [0.2, 0.25) is 35.6 Å². The molecule has 8 aromatic carbocycles. The summed E-state index contributed by atoms with van der Waals surface area (Å²) in [5.74, 6) is 0.0111. The zero-order chi connectivity index (χ0) is 92.0. The van der Waals surface area contributed by atoms with Gasteiger partial charge in [-0.2, -0.15) is 68.1 Å². The Bertz CT molecular complexity index is 6090. The number of amides is 8. The maximum atomic E-state index is 13.0. The first-order chi connectivity index (χ1) is 61.8. The number of aryl methyl sites for hydroxylation is 4. The summed E-state index contributed by atoms with van der Waals surface area (Å²) < 4.78 is 150. The van der Waals surface area contributed by atoms with E-state index in [1.165, 1.54) is 64.9 Å². The van der Waals surface area contributed by atoms with Crippen molar-refractivity contribution < 1.29 is 107 Å². The number of aliphatic imine (C=N–C) groups is 1. The zero-order valence-corrected chi connectivity index (χ0v) is 69.5. The molecule has 8 amide bonds. The highest BCUT2D eigenvalue weighted by Gasteiger charge is 2.35. The fourth-order valence-corrected chi connectivity index (χ4v) is 15.6. The van der Waals surface area contributed by atoms with Crippen LogP contribution >= 0.6 is 23.5 Å². The molecule has 4 aromatic heterocycles. The fraction of sp³-hybridized carbons (Fsp3) is 0.279. The third-order valence-corrected chi connectivity index (χ3v) is 22.1. The monoisotopic (exact) mass is 1830 g/mol. The van der Waals surface area contributed by atoms with Crippen molar-refractivity contribution in [3.8, 4) is 0 Å². The van der Waals surface area contributed by atoms with E-state index in [9.17, 15) is 107 Å². The van der Waals surface area contributed by atoms with E-state index in [2.05, 4.69) is 51.3 Å². The number of benzene rings is 8. The number of anilines is 8. The molecule has 0 aliphatic carbocycles. The number of carbonyl (C=O) groups is 8. The normalized spacial score (nSPS) is 14.2. The van der Waals surface area contributed by atoms with E-state index in [1.54, 1.807) is 112 Å². The van der Waals surface area contributed by atoms with Gasteiger partial charge in [-0.15, -0.1) is 0 Å². The number of rotatable bonds is 25. The van der Waals surface area contributed by atoms with E-state index in [1.807, 2.05) is 12.1 Å². The third kappa shape index (κ3) is 22.4. The number of hydrogen-bond donors (Lipinski definition) is 8. The Labute approximate surface area is 733 Å². The molecule has 30 nitrogen and oxygen atoms in total. The molecule has 0 bridgehead atoms. The number of aromatic nitrogens is 8. The van der Waals surface area contributed by atoms with Gasteiger partial charge in [-0.05, 0) is 165 Å². The summed E-state index contributed by atoms with van der Waals surface area (Å²) in [6, 6.07) is 38.5. The first-order valence-corrected chi connectivity index (χ1v) is 42.2. The highest BCUT2D eigenvalue weighted by Crippen LogP contribution is 2.37. The third-order valence-electron chi connectivity index (χ3n) is 20.3. The smallest absolute Gasteiger partial charge is 0.396 e. The van der Waals surface area contributed by atoms with Crippen LogP contribution in [-0.4, -0.2) is 188 Å². The van der Waals surface area contributed by atoms with E-state index >= 15 is 0 Å². The highest BCUT2D eigenvalue weighted by molar-refractivity contribution is 8.00. The number of imidazole rings is 4. The molecule has 2 saturated heterocycles. The molecule has 674 valence electrons. The lowest BCUT2D eigenvalue weighted by Gasteiger charge is -2.26. The van der Waals surface area contributed by atoms with Gasteiger partial charge in [0.1, 0.15) is 6.54 Å². The molecular formula is C86H79F11N18O12S2. The van der Waals surface area contributed by atoms with Crippen LogP contribution in [0.5, 0.6) is 0 Å². The Morgan fingerprint density at radius 1 is 0.403 bits per heavy atom. The minimum atomic E-state index is -4.57. The highest BCUT2D eigenvalue weighted by atomic mass is 32.2. The van der Waals surface area contributed by atoms with Crippen LogP contribution in [-0.2, 0) is 63.9 Å². The molecule has 0 radical (unpaired) electrons. The molecule has 12 aromatic rings. The van der Waals surface area contributed by atoms with Gasteiger partial charge in [0.05, 0.1) is 96.5 Å². The lowest BCUT2D eigenvalue weighted by Crippen LogP contribution is -2.38. The number of nitrogens with one attached hydrogen (secondary N) is 4. The van der Waals surface area contributed by atoms with Crippen LogP contribution < -0.4 is 41.0 Å². The predicted octanol–water partition coefficient (Wildman–Crippen LogP) is 13.9. The Morgan fingerprint density at radius 2 is 0.736 bits per heavy atom. The van der Waals surface area contributed by atoms with Crippen LogP contribution in [0.1, 0.15) is 102 Å². The first kappa shape index (κ1) is 93.2. The molecule has 0 saturated carbocycles. The van der Waals surface area contributed by atoms with Gasteiger partial charge in [0.15, 0.2) is 0 Å². The molecule has 4 aliphatic rings. The summed E-state index contributed by atoms with van der Waals surface area (Å²) >= 11 is 3.17. The second-order valence-electron chi connectivity index (χ2n) is 29.0. The quantitative estimate of drug-likeness (QED) is 0.0246. The number of aliphatic hydroxyl groups excluding tert-OH is 4. The average Bonchev–Trinajstić information content (AvgIpc) is 1.65. The Hall–Kier alpha value is -13.5. The molecule has 43 heteroatoms. The fourth-order valence-electron chi connectivity index (χ4n) is 14.0. The van der Waals surface area contributed by atoms with Crippen LogP contribution in [0.4, 0.5) is 94.8 Å². The van der Waals surface area contributed by atoms with Crippen molar-refractivity contribution in [3.63, 3.8) is 0 Å². The number of alkyl halides is 11. The predicted molar refractivity (Wildman–Crippen MR) is 464 cm³/mol. The average molecular weight is 1830 g/mol. The Balaban J connectivity index is 0.000000147. The molecule has 8 N–H and O–H groups in total. The molecule has 0 unspecified atom stereocenters. The number of carbonyl (C=O) groups excluding carboxylic acids is 8. The summed E-state index contributed by atoms with van der Waals surface area (Å²) in [5, 5.41) is 52.7. The summed E-state index contributed by atoms with van der Waals surface area (Å²) in [4.78, 5) is 126. The van der Waals surface area contributed by atoms with Crippen molar-refractivity contribution in [1.82, 2.24) is 38.2 Å². The lowest BCUT2D eigenvalue weighted by molar-refractivity contribution is -0.138. The summed E-state index contributed by atoms with van der Waals surface area (Å²) in [5.41, 5.74) is 3.75. The molecular weight excluding hydrogens is 1750 g/mol. The minimum Gasteiger partial charge on any atom is -0.396 e. The van der Waals surface area contributed by atoms with Crippen LogP contribution in [0.3, 0.4) is 0 Å². The van der Waals surface area contributed by atoms with Gasteiger partial charge in [-0.3, -0.25) is 69.5 Å². The van der Waals surface area contributed by atoms with Gasteiger partial charge in [0, 0.05) is 123 Å². The van der Waals surface area contributed by atoms with Crippen LogP contribution in [0, 0.1) is 0 Å². The largest absolute Gasteiger partial charge is 0.416 e. The second kappa shape index (κ2) is 41.1. The van der Waals surface area contributed by atoms with E-state index < -0.39 is 65.3 Å². The molecule has 0 atom stereocenters. The number of aliphatic hydroxyl groups is 4. The second-order valence-corrected chi connectivity index (χ2v) is 31.2. The van der Waals surface area contributed by atoms with Gasteiger partial charge < -0.3 is 48.5 Å². The van der Waals surface area contributed by atoms with E-state index in [0.717, 1.165) is 77.3 Å². The molecule has 2 fully saturated rings. The molecule has 8 heterocycles. The Kier molecular flexibility index (Phi) is 29.7. The first-order valence-electron chi connectivity index (χ1n) is 39.8. The summed E-state index contributed by atoms with van der Waals surface area (Å²) in [6.07, 6.45) is -11.7. The van der Waals surface area contributed by atoms with E-state index in [0.29, 0.717) is 132 Å². The van der Waals surface area contributed by atoms with Crippen molar-refractivity contribution >= 4 is 174 Å². The van der Waals surface area contributed by atoms with Gasteiger partial charge in [-0.1, -0.05) is 30.3 Å². The minimum absolute atomic E-state index is 0.00314. The summed E-state index contributed by atoms with van der Waals surface area (Å²) in [6.45, 7) is 2.29. The van der Waals surface area contributed by atoms with Gasteiger partial charge >= 0.3 is 18.5 Å². The van der Waals surface area contributed by atoms with Gasteiger partial charge in [0.25, 0.3) is 41.9 Å². The molecule has 0 spiro atoms. The Morgan fingerprint density at radius 3 is 1.05 bits per heavy atom. The topological polar surface area (TPSA) is 375 Å². The van der Waals surface area contributed by atoms with E-state index in [4.69, 9.17) is 0 Å². The number of hydrogen-bond acceptors (Lipinski definition) is 20. The number of nitrogens with zero attached hydrogens (tertiary/aromatic N) is 14. The summed E-state index contributed by atoms with van der Waals surface area (Å²) in [7, 11) is 0. The number of hydrazone groups is 1. The molecule has 4 aliphatic heterocycles. The van der Waals surface area contributed by atoms with Crippen molar-refractivity contribution in [2.75, 3.05) is 110 Å². The van der Waals surface area contributed by atoms with Crippen LogP contribution in [0.25, 0.3) is 44.1 Å². The zero-order valence-electron chi connectivity index (χ0n) is 67.8. The number of fused-ring (bicyclic) bond motifs is 4.